The van der Waals surface area contributed by atoms with Crippen LogP contribution in [0, 0.1) is 6.92 Å². The van der Waals surface area contributed by atoms with E-state index >= 15 is 0 Å². The van der Waals surface area contributed by atoms with E-state index in [4.69, 9.17) is 4.74 Å². The molecule has 1 N–H and O–H groups in total. The highest BCUT2D eigenvalue weighted by Crippen LogP contribution is 2.11. The van der Waals surface area contributed by atoms with Gasteiger partial charge in [-0.25, -0.2) is 0 Å². The van der Waals surface area contributed by atoms with Crippen molar-refractivity contribution in [3.05, 3.63) is 35.4 Å². The number of hydrogen-bond donors (Lipinski definition) is 1. The number of carbonyl (C=O) groups excluding carboxylic acids is 2. The summed E-state index contributed by atoms with van der Waals surface area (Å²) in [5, 5.41) is 3.04. The number of thioether (sulfide) groups is 1. The first kappa shape index (κ1) is 26.7. The fourth-order valence-corrected chi connectivity index (χ4v) is 4.36. The molecule has 32 heavy (non-hydrogen) atoms. The summed E-state index contributed by atoms with van der Waals surface area (Å²) in [5.41, 5.74) is 1.64. The van der Waals surface area contributed by atoms with Gasteiger partial charge in [0.05, 0.1) is 13.2 Å². The molecule has 0 aromatic heterocycles. The molecule has 0 bridgehead atoms. The molecule has 0 aliphatic carbocycles. The van der Waals surface area contributed by atoms with Crippen LogP contribution < -0.4 is 5.32 Å². The van der Waals surface area contributed by atoms with Gasteiger partial charge in [-0.2, -0.15) is 11.8 Å². The summed E-state index contributed by atoms with van der Waals surface area (Å²) >= 11 is 1.70. The Morgan fingerprint density at radius 1 is 1.19 bits per heavy atom. The summed E-state index contributed by atoms with van der Waals surface area (Å²) in [4.78, 5) is 30.8. The van der Waals surface area contributed by atoms with Crippen molar-refractivity contribution in [2.45, 2.75) is 52.0 Å². The van der Waals surface area contributed by atoms with Crippen LogP contribution in [0.3, 0.4) is 0 Å². The fourth-order valence-electron chi connectivity index (χ4n) is 3.89. The molecule has 2 rings (SSSR count). The molecule has 1 aromatic carbocycles. The quantitative estimate of drug-likeness (QED) is 0.427. The zero-order chi connectivity index (χ0) is 23.2. The minimum absolute atomic E-state index is 0.0461. The number of ether oxygens (including phenoxy) is 1. The molecule has 180 valence electrons. The number of nitrogens with zero attached hydrogens (tertiary/aromatic N) is 2. The highest BCUT2D eigenvalue weighted by atomic mass is 32.2. The van der Waals surface area contributed by atoms with Crippen molar-refractivity contribution in [2.75, 3.05) is 57.9 Å². The summed E-state index contributed by atoms with van der Waals surface area (Å²) in [7, 11) is 0. The molecule has 1 aromatic rings. The van der Waals surface area contributed by atoms with Crippen molar-refractivity contribution >= 4 is 23.6 Å². The summed E-state index contributed by atoms with van der Waals surface area (Å²) < 4.78 is 5.45. The lowest BCUT2D eigenvalue weighted by Crippen LogP contribution is -2.51. The molecule has 0 radical (unpaired) electrons. The minimum atomic E-state index is -0.494. The molecular formula is C25H41N3O3S. The number of amides is 2. The van der Waals surface area contributed by atoms with Gasteiger partial charge >= 0.3 is 0 Å². The monoisotopic (exact) mass is 463 g/mol. The van der Waals surface area contributed by atoms with Gasteiger partial charge in [0.25, 0.3) is 5.91 Å². The molecule has 1 atom stereocenters. The second kappa shape index (κ2) is 15.3. The van der Waals surface area contributed by atoms with Gasteiger partial charge in [-0.1, -0.05) is 43.9 Å². The van der Waals surface area contributed by atoms with Crippen LogP contribution in [0.1, 0.15) is 54.9 Å². The second-order valence-electron chi connectivity index (χ2n) is 8.52. The highest BCUT2D eigenvalue weighted by molar-refractivity contribution is 7.98. The molecule has 2 amide bonds. The number of morpholine rings is 1. The van der Waals surface area contributed by atoms with Gasteiger partial charge in [-0.05, 0) is 43.9 Å². The first-order valence-electron chi connectivity index (χ1n) is 12.0. The molecular weight excluding hydrogens is 422 g/mol. The van der Waals surface area contributed by atoms with Crippen molar-refractivity contribution in [1.29, 1.82) is 0 Å². The largest absolute Gasteiger partial charge is 0.379 e. The molecule has 1 fully saturated rings. The van der Waals surface area contributed by atoms with Crippen LogP contribution in [0.15, 0.2) is 24.3 Å². The van der Waals surface area contributed by atoms with Crippen molar-refractivity contribution in [3.8, 4) is 0 Å². The average Bonchev–Trinajstić information content (AvgIpc) is 2.81. The Labute approximate surface area is 198 Å². The number of nitrogens with one attached hydrogen (secondary N) is 1. The maximum absolute atomic E-state index is 13.6. The third kappa shape index (κ3) is 9.51. The maximum Gasteiger partial charge on any atom is 0.251 e. The Bertz CT molecular complexity index is 695. The van der Waals surface area contributed by atoms with Gasteiger partial charge in [0, 0.05) is 38.3 Å². The first-order valence-corrected chi connectivity index (χ1v) is 13.4. The van der Waals surface area contributed by atoms with E-state index in [1.54, 1.807) is 17.8 Å². The van der Waals surface area contributed by atoms with Crippen LogP contribution in [0.4, 0.5) is 0 Å². The van der Waals surface area contributed by atoms with Gasteiger partial charge in [0.2, 0.25) is 5.91 Å². The standard InChI is InChI=1S/C25H41N3O3S/c1-4-5-6-7-12-28(14-13-27-15-17-31-18-16-27)25(30)23(11-19-32-3)26-24(29)22-10-8-9-21(2)20-22/h8-10,20,23H,4-7,11-19H2,1-3H3,(H,26,29). The second-order valence-corrected chi connectivity index (χ2v) is 9.50. The summed E-state index contributed by atoms with van der Waals surface area (Å²) in [6, 6.07) is 7.03. The van der Waals surface area contributed by atoms with Crippen molar-refractivity contribution in [3.63, 3.8) is 0 Å². The van der Waals surface area contributed by atoms with E-state index in [0.717, 1.165) is 63.6 Å². The van der Waals surface area contributed by atoms with Crippen molar-refractivity contribution in [2.24, 2.45) is 0 Å². The molecule has 6 nitrogen and oxygen atoms in total. The van der Waals surface area contributed by atoms with E-state index in [9.17, 15) is 9.59 Å². The number of hydrogen-bond acceptors (Lipinski definition) is 5. The normalized spacial score (nSPS) is 15.3. The first-order chi connectivity index (χ1) is 15.5. The Morgan fingerprint density at radius 3 is 2.66 bits per heavy atom. The Hall–Kier alpha value is -1.57. The maximum atomic E-state index is 13.6. The van der Waals surface area contributed by atoms with E-state index in [0.29, 0.717) is 18.5 Å². The van der Waals surface area contributed by atoms with Crippen molar-refractivity contribution < 1.29 is 14.3 Å². The molecule has 0 saturated carbocycles. The summed E-state index contributed by atoms with van der Waals surface area (Å²) in [5.74, 6) is 0.703. The molecule has 1 saturated heterocycles. The number of carbonyl (C=O) groups is 2. The topological polar surface area (TPSA) is 61.9 Å². The molecule has 1 heterocycles. The lowest BCUT2D eigenvalue weighted by atomic mass is 10.1. The average molecular weight is 464 g/mol. The van der Waals surface area contributed by atoms with E-state index in [1.807, 2.05) is 36.3 Å². The van der Waals surface area contributed by atoms with Gasteiger partial charge in [0.15, 0.2) is 0 Å². The zero-order valence-corrected chi connectivity index (χ0v) is 20.9. The van der Waals surface area contributed by atoms with Crippen LogP contribution in [0.25, 0.3) is 0 Å². The van der Waals surface area contributed by atoms with Crippen molar-refractivity contribution in [1.82, 2.24) is 15.1 Å². The van der Waals surface area contributed by atoms with E-state index in [-0.39, 0.29) is 11.8 Å². The van der Waals surface area contributed by atoms with Crippen LogP contribution in [-0.4, -0.2) is 85.6 Å². The number of aryl methyl sites for hydroxylation is 1. The van der Waals surface area contributed by atoms with Gasteiger partial charge in [0.1, 0.15) is 6.04 Å². The molecule has 7 heteroatoms. The Balaban J connectivity index is 2.06. The van der Waals surface area contributed by atoms with Crippen LogP contribution >= 0.6 is 11.8 Å². The minimum Gasteiger partial charge on any atom is -0.379 e. The highest BCUT2D eigenvalue weighted by Gasteiger charge is 2.26. The van der Waals surface area contributed by atoms with Gasteiger partial charge in [-0.15, -0.1) is 0 Å². The predicted octanol–water partition coefficient (Wildman–Crippen LogP) is 3.59. The third-order valence-corrected chi connectivity index (χ3v) is 6.52. The number of benzene rings is 1. The predicted molar refractivity (Wildman–Crippen MR) is 133 cm³/mol. The fraction of sp³-hybridized carbons (Fsp3) is 0.680. The molecule has 1 aliphatic heterocycles. The lowest BCUT2D eigenvalue weighted by Gasteiger charge is -2.32. The summed E-state index contributed by atoms with van der Waals surface area (Å²) in [6.07, 6.45) is 7.16. The van der Waals surface area contributed by atoms with Crippen LogP contribution in [0.5, 0.6) is 0 Å². The SMILES string of the molecule is CCCCCCN(CCN1CCOCC1)C(=O)C(CCSC)NC(=O)c1cccc(C)c1. The van der Waals surface area contributed by atoms with Crippen LogP contribution in [-0.2, 0) is 9.53 Å². The molecule has 1 aliphatic rings. The number of rotatable bonds is 14. The van der Waals surface area contributed by atoms with Crippen LogP contribution in [0.2, 0.25) is 0 Å². The number of unbranched alkanes of at least 4 members (excludes halogenated alkanes) is 3. The van der Waals surface area contributed by atoms with Gasteiger partial charge in [-0.3, -0.25) is 14.5 Å². The Morgan fingerprint density at radius 2 is 1.97 bits per heavy atom. The third-order valence-electron chi connectivity index (χ3n) is 5.88. The zero-order valence-electron chi connectivity index (χ0n) is 20.1. The van der Waals surface area contributed by atoms with E-state index < -0.39 is 6.04 Å². The van der Waals surface area contributed by atoms with Gasteiger partial charge < -0.3 is 15.0 Å². The van der Waals surface area contributed by atoms with E-state index in [2.05, 4.69) is 17.1 Å². The molecule has 0 spiro atoms. The molecule has 1 unspecified atom stereocenters. The smallest absolute Gasteiger partial charge is 0.251 e. The Kier molecular flexibility index (Phi) is 12.8. The lowest BCUT2D eigenvalue weighted by molar-refractivity contribution is -0.133. The summed E-state index contributed by atoms with van der Waals surface area (Å²) in [6.45, 7) is 9.80. The van der Waals surface area contributed by atoms with E-state index in [1.165, 1.54) is 12.8 Å².